The summed E-state index contributed by atoms with van der Waals surface area (Å²) in [5, 5.41) is 12.8. The molecule has 0 unspecified atom stereocenters. The highest BCUT2D eigenvalue weighted by Crippen LogP contribution is 2.05. The first-order chi connectivity index (χ1) is 5.49. The average Bonchev–Trinajstić information content (AvgIpc) is 2.31. The number of aromatic nitrogens is 3. The van der Waals surface area contributed by atoms with Crippen LogP contribution >= 0.6 is 0 Å². The molecule has 1 aromatic rings. The Balaban J connectivity index is 3.50. The van der Waals surface area contributed by atoms with Crippen molar-refractivity contribution in [2.45, 2.75) is 19.4 Å². The standard InChI is InChI=1S/C6H8N4O2/c1-6(2,3-7)10-4(11)8-9-5(10)12/h1-2H3,(H,8,11)(H,9,12). The van der Waals surface area contributed by atoms with E-state index in [9.17, 15) is 9.59 Å². The molecular weight excluding hydrogens is 160 g/mol. The van der Waals surface area contributed by atoms with Crippen molar-refractivity contribution in [1.82, 2.24) is 14.8 Å². The molecule has 1 aromatic heterocycles. The molecule has 0 aliphatic heterocycles. The molecule has 0 aromatic carbocycles. The van der Waals surface area contributed by atoms with Crippen molar-refractivity contribution < 1.29 is 0 Å². The molecule has 0 fully saturated rings. The van der Waals surface area contributed by atoms with E-state index < -0.39 is 16.9 Å². The van der Waals surface area contributed by atoms with Crippen molar-refractivity contribution in [3.63, 3.8) is 0 Å². The van der Waals surface area contributed by atoms with Crippen LogP contribution in [0.5, 0.6) is 0 Å². The van der Waals surface area contributed by atoms with E-state index in [2.05, 4.69) is 10.2 Å². The van der Waals surface area contributed by atoms with Gasteiger partial charge in [-0.2, -0.15) is 5.26 Å². The van der Waals surface area contributed by atoms with Crippen LogP contribution in [0, 0.1) is 11.3 Å². The van der Waals surface area contributed by atoms with Crippen LogP contribution in [0.4, 0.5) is 0 Å². The van der Waals surface area contributed by atoms with Crippen LogP contribution in [0.2, 0.25) is 0 Å². The van der Waals surface area contributed by atoms with Gasteiger partial charge in [-0.3, -0.25) is 0 Å². The Morgan fingerprint density at radius 2 is 1.75 bits per heavy atom. The average molecular weight is 168 g/mol. The van der Waals surface area contributed by atoms with Crippen molar-refractivity contribution in [1.29, 1.82) is 5.26 Å². The third kappa shape index (κ3) is 1.05. The fourth-order valence-electron chi connectivity index (χ4n) is 0.869. The lowest BCUT2D eigenvalue weighted by atomic mass is 10.1. The molecule has 6 heteroatoms. The monoisotopic (exact) mass is 168 g/mol. The zero-order valence-corrected chi connectivity index (χ0v) is 6.71. The zero-order chi connectivity index (χ0) is 9.35. The maximum absolute atomic E-state index is 11.0. The van der Waals surface area contributed by atoms with E-state index in [1.54, 1.807) is 0 Å². The molecular formula is C6H8N4O2. The van der Waals surface area contributed by atoms with E-state index in [0.29, 0.717) is 0 Å². The van der Waals surface area contributed by atoms with Crippen LogP contribution in [0.25, 0.3) is 0 Å². The van der Waals surface area contributed by atoms with Gasteiger partial charge in [0.1, 0.15) is 5.54 Å². The van der Waals surface area contributed by atoms with Crippen molar-refractivity contribution in [3.8, 4) is 6.07 Å². The van der Waals surface area contributed by atoms with Gasteiger partial charge in [0.15, 0.2) is 0 Å². The molecule has 0 spiro atoms. The molecule has 0 saturated heterocycles. The van der Waals surface area contributed by atoms with E-state index in [1.165, 1.54) is 13.8 Å². The Morgan fingerprint density at radius 3 is 2.08 bits per heavy atom. The van der Waals surface area contributed by atoms with Gasteiger partial charge in [0.05, 0.1) is 6.07 Å². The van der Waals surface area contributed by atoms with Gasteiger partial charge in [0.25, 0.3) is 0 Å². The highest BCUT2D eigenvalue weighted by molar-refractivity contribution is 4.99. The Labute approximate surface area is 67.4 Å². The van der Waals surface area contributed by atoms with Gasteiger partial charge < -0.3 is 0 Å². The molecule has 0 radical (unpaired) electrons. The molecule has 64 valence electrons. The third-order valence-electron chi connectivity index (χ3n) is 1.52. The first-order valence-corrected chi connectivity index (χ1v) is 3.30. The normalized spacial score (nSPS) is 11.1. The van der Waals surface area contributed by atoms with Gasteiger partial charge in [-0.25, -0.2) is 24.4 Å². The van der Waals surface area contributed by atoms with Gasteiger partial charge in [-0.1, -0.05) is 0 Å². The summed E-state index contributed by atoms with van der Waals surface area (Å²) < 4.78 is 0.826. The predicted octanol–water partition coefficient (Wildman–Crippen LogP) is -0.877. The van der Waals surface area contributed by atoms with E-state index in [-0.39, 0.29) is 0 Å². The minimum atomic E-state index is -1.12. The summed E-state index contributed by atoms with van der Waals surface area (Å²) in [7, 11) is 0. The highest BCUT2D eigenvalue weighted by Gasteiger charge is 2.23. The summed E-state index contributed by atoms with van der Waals surface area (Å²) in [5.41, 5.74) is -2.33. The third-order valence-corrected chi connectivity index (χ3v) is 1.52. The lowest BCUT2D eigenvalue weighted by Crippen LogP contribution is -2.40. The molecule has 0 amide bonds. The summed E-state index contributed by atoms with van der Waals surface area (Å²) in [6, 6.07) is 1.85. The highest BCUT2D eigenvalue weighted by atomic mass is 16.2. The van der Waals surface area contributed by atoms with Crippen LogP contribution in [0.1, 0.15) is 13.8 Å². The minimum absolute atomic E-state index is 0.605. The summed E-state index contributed by atoms with van der Waals surface area (Å²) in [6.07, 6.45) is 0. The van der Waals surface area contributed by atoms with Crippen molar-refractivity contribution in [2.75, 3.05) is 0 Å². The molecule has 1 heterocycles. The van der Waals surface area contributed by atoms with Crippen LogP contribution in [-0.2, 0) is 5.54 Å². The van der Waals surface area contributed by atoms with Gasteiger partial charge in [0, 0.05) is 0 Å². The number of rotatable bonds is 1. The summed E-state index contributed by atoms with van der Waals surface area (Å²) in [4.78, 5) is 21.9. The van der Waals surface area contributed by atoms with Gasteiger partial charge in [0.2, 0.25) is 0 Å². The number of nitrogens with zero attached hydrogens (tertiary/aromatic N) is 2. The van der Waals surface area contributed by atoms with Crippen LogP contribution in [0.15, 0.2) is 9.59 Å². The van der Waals surface area contributed by atoms with Crippen LogP contribution < -0.4 is 11.4 Å². The summed E-state index contributed by atoms with van der Waals surface area (Å²) in [5.74, 6) is 0. The SMILES string of the molecule is CC(C)(C#N)n1c(=O)[nH][nH]c1=O. The molecule has 6 nitrogen and oxygen atoms in total. The molecule has 0 atom stereocenters. The fourth-order valence-corrected chi connectivity index (χ4v) is 0.869. The van der Waals surface area contributed by atoms with Gasteiger partial charge in [-0.15, -0.1) is 0 Å². The molecule has 0 aliphatic rings. The van der Waals surface area contributed by atoms with E-state index in [0.717, 1.165) is 4.57 Å². The second kappa shape index (κ2) is 2.37. The van der Waals surface area contributed by atoms with Gasteiger partial charge in [-0.05, 0) is 13.8 Å². The Bertz CT molecular complexity index is 400. The number of hydrogen-bond donors (Lipinski definition) is 2. The number of hydrogen-bond acceptors (Lipinski definition) is 3. The molecule has 12 heavy (non-hydrogen) atoms. The van der Waals surface area contributed by atoms with Crippen LogP contribution in [0.3, 0.4) is 0 Å². The van der Waals surface area contributed by atoms with Crippen molar-refractivity contribution in [3.05, 3.63) is 21.0 Å². The van der Waals surface area contributed by atoms with E-state index in [1.807, 2.05) is 6.07 Å². The van der Waals surface area contributed by atoms with E-state index >= 15 is 0 Å². The van der Waals surface area contributed by atoms with E-state index in [4.69, 9.17) is 5.26 Å². The Kier molecular flexibility index (Phi) is 1.65. The van der Waals surface area contributed by atoms with Gasteiger partial charge >= 0.3 is 11.4 Å². The fraction of sp³-hybridized carbons (Fsp3) is 0.500. The zero-order valence-electron chi connectivity index (χ0n) is 6.71. The number of H-pyrrole nitrogens is 2. The maximum Gasteiger partial charge on any atom is 0.345 e. The summed E-state index contributed by atoms with van der Waals surface area (Å²) >= 11 is 0. The lowest BCUT2D eigenvalue weighted by molar-refractivity contribution is 0.441. The number of nitriles is 1. The largest absolute Gasteiger partial charge is 0.345 e. The smallest absolute Gasteiger partial charge is 0.247 e. The molecule has 2 N–H and O–H groups in total. The van der Waals surface area contributed by atoms with Crippen molar-refractivity contribution >= 4 is 0 Å². The Hall–Kier alpha value is -1.77. The lowest BCUT2D eigenvalue weighted by Gasteiger charge is -2.12. The first kappa shape index (κ1) is 8.33. The quantitative estimate of drug-likeness (QED) is 0.570. The Morgan fingerprint density at radius 1 is 1.33 bits per heavy atom. The number of aromatic amines is 2. The second-order valence-corrected chi connectivity index (χ2v) is 2.87. The first-order valence-electron chi connectivity index (χ1n) is 3.30. The second-order valence-electron chi connectivity index (χ2n) is 2.87. The summed E-state index contributed by atoms with van der Waals surface area (Å²) in [6.45, 7) is 2.97. The maximum atomic E-state index is 11.0. The molecule has 0 saturated carbocycles. The number of nitrogens with one attached hydrogen (secondary N) is 2. The van der Waals surface area contributed by atoms with Crippen molar-refractivity contribution in [2.24, 2.45) is 0 Å². The topological polar surface area (TPSA) is 94.4 Å². The molecule has 0 aliphatic carbocycles. The molecule has 1 rings (SSSR count). The van der Waals surface area contributed by atoms with Crippen LogP contribution in [-0.4, -0.2) is 14.8 Å². The molecule has 0 bridgehead atoms. The predicted molar refractivity (Wildman–Crippen MR) is 40.6 cm³/mol. The minimum Gasteiger partial charge on any atom is -0.247 e.